The highest BCUT2D eigenvalue weighted by molar-refractivity contribution is 7.19. The molecular formula is C28H27N7S. The topological polar surface area (TPSA) is 77.4 Å². The van der Waals surface area contributed by atoms with Gasteiger partial charge in [0.1, 0.15) is 5.00 Å². The van der Waals surface area contributed by atoms with Gasteiger partial charge < -0.3 is 4.90 Å². The predicted octanol–water partition coefficient (Wildman–Crippen LogP) is 10.3. The Morgan fingerprint density at radius 3 is 1.39 bits per heavy atom. The Hall–Kier alpha value is -4.04. The number of nitrogens with zero attached hydrogens (tertiary/aromatic N) is 7. The SMILES string of the molecule is Cc1ccc(N=Nc2ccc(N=Nc3ccc(N=Nc4ccc(N5CCCCC5)s4)cc3)cc2)cc1. The molecule has 0 amide bonds. The third-order valence-corrected chi connectivity index (χ3v) is 6.83. The molecule has 0 bridgehead atoms. The van der Waals surface area contributed by atoms with Crippen molar-refractivity contribution in [2.45, 2.75) is 26.2 Å². The van der Waals surface area contributed by atoms with E-state index >= 15 is 0 Å². The van der Waals surface area contributed by atoms with Gasteiger partial charge in [-0.15, -0.1) is 10.2 Å². The highest BCUT2D eigenvalue weighted by Gasteiger charge is 2.12. The molecule has 5 rings (SSSR count). The van der Waals surface area contributed by atoms with E-state index in [1.165, 1.54) is 29.8 Å². The van der Waals surface area contributed by atoms with Crippen LogP contribution in [-0.2, 0) is 0 Å². The van der Waals surface area contributed by atoms with Crippen LogP contribution in [-0.4, -0.2) is 13.1 Å². The van der Waals surface area contributed by atoms with Crippen molar-refractivity contribution >= 4 is 49.8 Å². The van der Waals surface area contributed by atoms with Crippen LogP contribution in [0.15, 0.2) is 116 Å². The number of piperidine rings is 1. The number of hydrogen-bond donors (Lipinski definition) is 0. The smallest absolute Gasteiger partial charge is 0.140 e. The summed E-state index contributed by atoms with van der Waals surface area (Å²) in [5.74, 6) is 0. The summed E-state index contributed by atoms with van der Waals surface area (Å²) in [5.41, 5.74) is 5.06. The van der Waals surface area contributed by atoms with E-state index in [2.05, 4.69) is 41.7 Å². The van der Waals surface area contributed by atoms with Crippen LogP contribution < -0.4 is 4.90 Å². The number of aryl methyl sites for hydroxylation is 1. The van der Waals surface area contributed by atoms with Gasteiger partial charge in [0.05, 0.1) is 33.4 Å². The molecule has 36 heavy (non-hydrogen) atoms. The standard InChI is InChI=1S/C28H27N7S/c1-21-5-7-22(8-6-21)29-30-23-9-11-24(12-10-23)31-32-25-13-15-26(16-14-25)33-34-27-17-18-28(36-27)35-19-3-2-4-20-35/h5-18H,2-4,19-20H2,1H3. The molecule has 7 nitrogen and oxygen atoms in total. The molecule has 1 aliphatic rings. The number of anilines is 1. The molecule has 2 heterocycles. The molecule has 1 aromatic heterocycles. The maximum absolute atomic E-state index is 4.41. The van der Waals surface area contributed by atoms with Crippen molar-refractivity contribution in [3.05, 3.63) is 90.5 Å². The maximum Gasteiger partial charge on any atom is 0.140 e. The van der Waals surface area contributed by atoms with Crippen molar-refractivity contribution in [2.75, 3.05) is 18.0 Å². The molecule has 180 valence electrons. The van der Waals surface area contributed by atoms with Crippen LogP contribution in [0.25, 0.3) is 0 Å². The zero-order chi connectivity index (χ0) is 24.6. The fourth-order valence-corrected chi connectivity index (χ4v) is 4.66. The van der Waals surface area contributed by atoms with Gasteiger partial charge in [0.15, 0.2) is 0 Å². The van der Waals surface area contributed by atoms with Crippen molar-refractivity contribution in [2.24, 2.45) is 30.7 Å². The van der Waals surface area contributed by atoms with Crippen molar-refractivity contribution in [1.29, 1.82) is 0 Å². The molecule has 1 aliphatic heterocycles. The predicted molar refractivity (Wildman–Crippen MR) is 147 cm³/mol. The van der Waals surface area contributed by atoms with Crippen LogP contribution in [0, 0.1) is 6.92 Å². The molecule has 8 heteroatoms. The first-order valence-electron chi connectivity index (χ1n) is 12.1. The quantitative estimate of drug-likeness (QED) is 0.236. The summed E-state index contributed by atoms with van der Waals surface area (Å²) < 4.78 is 0. The van der Waals surface area contributed by atoms with Crippen LogP contribution in [0.4, 0.5) is 38.4 Å². The molecule has 3 aromatic carbocycles. The lowest BCUT2D eigenvalue weighted by Gasteiger charge is -2.26. The highest BCUT2D eigenvalue weighted by atomic mass is 32.1. The third-order valence-electron chi connectivity index (χ3n) is 5.80. The first-order valence-corrected chi connectivity index (χ1v) is 12.9. The Balaban J connectivity index is 1.15. The molecule has 0 unspecified atom stereocenters. The fraction of sp³-hybridized carbons (Fsp3) is 0.214. The Kier molecular flexibility index (Phi) is 7.63. The molecule has 0 radical (unpaired) electrons. The normalized spacial score (nSPS) is 14.4. The summed E-state index contributed by atoms with van der Waals surface area (Å²) in [6, 6.07) is 27.2. The summed E-state index contributed by atoms with van der Waals surface area (Å²) in [7, 11) is 0. The van der Waals surface area contributed by atoms with Crippen LogP contribution in [0.5, 0.6) is 0 Å². The molecule has 0 atom stereocenters. The van der Waals surface area contributed by atoms with Crippen LogP contribution in [0.1, 0.15) is 24.8 Å². The second-order valence-corrected chi connectivity index (χ2v) is 9.67. The van der Waals surface area contributed by atoms with E-state index in [0.29, 0.717) is 0 Å². The van der Waals surface area contributed by atoms with E-state index in [1.807, 2.05) is 85.8 Å². The average Bonchev–Trinajstić information content (AvgIpc) is 3.41. The van der Waals surface area contributed by atoms with Gasteiger partial charge in [-0.2, -0.15) is 20.5 Å². The second-order valence-electron chi connectivity index (χ2n) is 8.63. The first kappa shape index (κ1) is 23.7. The Bertz CT molecular complexity index is 1350. The van der Waals surface area contributed by atoms with E-state index in [0.717, 1.165) is 46.5 Å². The lowest BCUT2D eigenvalue weighted by atomic mass is 10.1. The van der Waals surface area contributed by atoms with E-state index in [1.54, 1.807) is 11.3 Å². The minimum Gasteiger partial charge on any atom is -0.363 e. The molecule has 1 fully saturated rings. The summed E-state index contributed by atoms with van der Waals surface area (Å²) >= 11 is 1.69. The number of benzene rings is 3. The zero-order valence-electron chi connectivity index (χ0n) is 20.2. The number of hydrogen-bond acceptors (Lipinski definition) is 8. The van der Waals surface area contributed by atoms with Gasteiger partial charge >= 0.3 is 0 Å². The number of thiophene rings is 1. The first-order chi connectivity index (χ1) is 17.7. The molecule has 1 saturated heterocycles. The van der Waals surface area contributed by atoms with E-state index < -0.39 is 0 Å². The third kappa shape index (κ3) is 6.55. The minimum absolute atomic E-state index is 0.746. The summed E-state index contributed by atoms with van der Waals surface area (Å²) in [4.78, 5) is 2.44. The molecule has 0 saturated carbocycles. The average molecular weight is 494 g/mol. The van der Waals surface area contributed by atoms with Crippen LogP contribution in [0.3, 0.4) is 0 Å². The van der Waals surface area contributed by atoms with Crippen molar-refractivity contribution in [1.82, 2.24) is 0 Å². The van der Waals surface area contributed by atoms with Gasteiger partial charge in [-0.1, -0.05) is 29.0 Å². The van der Waals surface area contributed by atoms with Gasteiger partial charge in [-0.05, 0) is 99.0 Å². The highest BCUT2D eigenvalue weighted by Crippen LogP contribution is 2.34. The van der Waals surface area contributed by atoms with Crippen molar-refractivity contribution in [3.63, 3.8) is 0 Å². The largest absolute Gasteiger partial charge is 0.363 e. The molecule has 0 spiro atoms. The summed E-state index contributed by atoms with van der Waals surface area (Å²) in [6.07, 6.45) is 3.87. The summed E-state index contributed by atoms with van der Waals surface area (Å²) in [6.45, 7) is 4.32. The number of rotatable bonds is 7. The zero-order valence-corrected chi connectivity index (χ0v) is 21.0. The molecule has 4 aromatic rings. The number of azo groups is 3. The molecule has 0 N–H and O–H groups in total. The van der Waals surface area contributed by atoms with Gasteiger partial charge in [-0.25, -0.2) is 0 Å². The molecular weight excluding hydrogens is 466 g/mol. The lowest BCUT2D eigenvalue weighted by molar-refractivity contribution is 0.580. The maximum atomic E-state index is 4.41. The van der Waals surface area contributed by atoms with E-state index in [9.17, 15) is 0 Å². The van der Waals surface area contributed by atoms with Crippen molar-refractivity contribution in [3.8, 4) is 0 Å². The van der Waals surface area contributed by atoms with Crippen LogP contribution >= 0.6 is 11.3 Å². The monoisotopic (exact) mass is 493 g/mol. The van der Waals surface area contributed by atoms with Crippen molar-refractivity contribution < 1.29 is 0 Å². The van der Waals surface area contributed by atoms with Gasteiger partial charge in [-0.3, -0.25) is 0 Å². The van der Waals surface area contributed by atoms with E-state index in [-0.39, 0.29) is 0 Å². The Morgan fingerprint density at radius 2 is 0.917 bits per heavy atom. The van der Waals surface area contributed by atoms with E-state index in [4.69, 9.17) is 0 Å². The molecule has 0 aliphatic carbocycles. The minimum atomic E-state index is 0.746. The summed E-state index contributed by atoms with van der Waals surface area (Å²) in [5, 5.41) is 28.1. The van der Waals surface area contributed by atoms with Gasteiger partial charge in [0.2, 0.25) is 0 Å². The fourth-order valence-electron chi connectivity index (χ4n) is 3.78. The van der Waals surface area contributed by atoms with Gasteiger partial charge in [0, 0.05) is 13.1 Å². The Labute approximate surface area is 215 Å². The van der Waals surface area contributed by atoms with Crippen LogP contribution in [0.2, 0.25) is 0 Å². The lowest BCUT2D eigenvalue weighted by Crippen LogP contribution is -2.28. The second kappa shape index (κ2) is 11.6. The van der Waals surface area contributed by atoms with Gasteiger partial charge in [0.25, 0.3) is 0 Å². The Morgan fingerprint density at radius 1 is 0.500 bits per heavy atom.